The SMILES string of the molecule is CCN(CC)S(=O)(=O)c1cc(C(=O)OCC(=O)c2cc(C)n(Cc3cccs3)c2C)ccc1Cl. The third-order valence-corrected chi connectivity index (χ3v) is 8.99. The smallest absolute Gasteiger partial charge is 0.338 e. The Balaban J connectivity index is 1.75. The summed E-state index contributed by atoms with van der Waals surface area (Å²) in [4.78, 5) is 26.4. The minimum absolute atomic E-state index is 0.00565. The van der Waals surface area contributed by atoms with E-state index in [-0.39, 0.29) is 34.4 Å². The maximum atomic E-state index is 12.9. The number of nitrogens with zero attached hydrogens (tertiary/aromatic N) is 2. The number of carbonyl (C=O) groups excluding carboxylic acids is 2. The molecule has 1 aromatic carbocycles. The molecule has 0 N–H and O–H groups in total. The predicted octanol–water partition coefficient (Wildman–Crippen LogP) is 4.94. The summed E-state index contributed by atoms with van der Waals surface area (Å²) in [5.41, 5.74) is 2.23. The molecule has 0 aliphatic carbocycles. The Labute approximate surface area is 209 Å². The molecule has 2 heterocycles. The van der Waals surface area contributed by atoms with E-state index in [2.05, 4.69) is 0 Å². The van der Waals surface area contributed by atoms with Crippen LogP contribution in [0.25, 0.3) is 0 Å². The first kappa shape index (κ1) is 26.2. The molecule has 0 radical (unpaired) electrons. The number of aryl methyl sites for hydroxylation is 1. The molecule has 34 heavy (non-hydrogen) atoms. The standard InChI is InChI=1S/C24H27ClN2O5S2/c1-5-26(6-2)34(30,31)23-13-18(9-10-21(23)25)24(29)32-15-22(28)20-12-16(3)27(17(20)4)14-19-8-7-11-33-19/h7-13H,5-6,14-15H2,1-4H3. The van der Waals surface area contributed by atoms with Gasteiger partial charge in [0, 0.05) is 34.9 Å². The Morgan fingerprint density at radius 2 is 1.82 bits per heavy atom. The lowest BCUT2D eigenvalue weighted by molar-refractivity contribution is 0.0474. The maximum absolute atomic E-state index is 12.9. The number of esters is 1. The third-order valence-electron chi connectivity index (χ3n) is 5.59. The van der Waals surface area contributed by atoms with Crippen LogP contribution in [0.5, 0.6) is 0 Å². The second-order valence-corrected chi connectivity index (χ2v) is 11.0. The first-order valence-corrected chi connectivity index (χ1v) is 13.5. The quantitative estimate of drug-likeness (QED) is 0.278. The second-order valence-electron chi connectivity index (χ2n) is 7.68. The number of aromatic nitrogens is 1. The van der Waals surface area contributed by atoms with Gasteiger partial charge in [-0.05, 0) is 49.6 Å². The van der Waals surface area contributed by atoms with Crippen LogP contribution in [0.15, 0.2) is 46.7 Å². The first-order chi connectivity index (χ1) is 16.1. The summed E-state index contributed by atoms with van der Waals surface area (Å²) in [6, 6.07) is 9.71. The Morgan fingerprint density at radius 3 is 2.44 bits per heavy atom. The molecule has 10 heteroatoms. The van der Waals surface area contributed by atoms with E-state index in [1.807, 2.05) is 35.9 Å². The third kappa shape index (κ3) is 5.43. The summed E-state index contributed by atoms with van der Waals surface area (Å²) in [6.45, 7) is 7.96. The van der Waals surface area contributed by atoms with Crippen molar-refractivity contribution in [2.24, 2.45) is 0 Å². The number of benzene rings is 1. The zero-order valence-corrected chi connectivity index (χ0v) is 21.9. The lowest BCUT2D eigenvalue weighted by Crippen LogP contribution is -2.31. The van der Waals surface area contributed by atoms with Gasteiger partial charge in [-0.2, -0.15) is 4.31 Å². The van der Waals surface area contributed by atoms with Gasteiger partial charge in [0.05, 0.1) is 17.1 Å². The summed E-state index contributed by atoms with van der Waals surface area (Å²) in [5, 5.41) is 2.02. The maximum Gasteiger partial charge on any atom is 0.338 e. The van der Waals surface area contributed by atoms with E-state index in [9.17, 15) is 18.0 Å². The van der Waals surface area contributed by atoms with Crippen molar-refractivity contribution in [3.05, 3.63) is 74.2 Å². The highest BCUT2D eigenvalue weighted by Crippen LogP contribution is 2.26. The number of ether oxygens (including phenoxy) is 1. The topological polar surface area (TPSA) is 85.7 Å². The van der Waals surface area contributed by atoms with Crippen LogP contribution in [0.4, 0.5) is 0 Å². The molecule has 2 aromatic heterocycles. The van der Waals surface area contributed by atoms with Crippen molar-refractivity contribution in [2.45, 2.75) is 39.1 Å². The summed E-state index contributed by atoms with van der Waals surface area (Å²) in [5.74, 6) is -1.13. The number of Topliss-reactive ketones (excluding diaryl/α,β-unsaturated/α-hetero) is 1. The second kappa shape index (κ2) is 10.9. The number of carbonyl (C=O) groups is 2. The highest BCUT2D eigenvalue weighted by atomic mass is 35.5. The number of thiophene rings is 1. The fourth-order valence-corrected chi connectivity index (χ4v) is 6.36. The van der Waals surface area contributed by atoms with Crippen LogP contribution in [0, 0.1) is 13.8 Å². The van der Waals surface area contributed by atoms with Gasteiger partial charge in [-0.1, -0.05) is 31.5 Å². The summed E-state index contributed by atoms with van der Waals surface area (Å²) in [6.07, 6.45) is 0. The lowest BCUT2D eigenvalue weighted by Gasteiger charge is -2.19. The fourth-order valence-electron chi connectivity index (χ4n) is 3.71. The molecule has 3 rings (SSSR count). The molecule has 0 aliphatic heterocycles. The van der Waals surface area contributed by atoms with Gasteiger partial charge in [0.15, 0.2) is 6.61 Å². The highest BCUT2D eigenvalue weighted by Gasteiger charge is 2.26. The number of hydrogen-bond donors (Lipinski definition) is 0. The Morgan fingerprint density at radius 1 is 1.12 bits per heavy atom. The molecule has 0 bridgehead atoms. The van der Waals surface area contributed by atoms with Gasteiger partial charge in [-0.15, -0.1) is 11.3 Å². The van der Waals surface area contributed by atoms with Gasteiger partial charge in [-0.3, -0.25) is 4.79 Å². The number of rotatable bonds is 10. The van der Waals surface area contributed by atoms with Gasteiger partial charge in [0.2, 0.25) is 15.8 Å². The lowest BCUT2D eigenvalue weighted by atomic mass is 10.1. The molecular formula is C24H27ClN2O5S2. The Hall–Kier alpha value is -2.46. The van der Waals surface area contributed by atoms with E-state index in [1.165, 1.54) is 27.4 Å². The molecule has 0 saturated heterocycles. The van der Waals surface area contributed by atoms with Crippen LogP contribution in [-0.4, -0.2) is 48.7 Å². The first-order valence-electron chi connectivity index (χ1n) is 10.8. The molecule has 0 atom stereocenters. The van der Waals surface area contributed by atoms with E-state index in [4.69, 9.17) is 16.3 Å². The molecule has 0 saturated carbocycles. The van der Waals surface area contributed by atoms with Crippen molar-refractivity contribution >= 4 is 44.7 Å². The van der Waals surface area contributed by atoms with Crippen molar-refractivity contribution < 1.29 is 22.7 Å². The van der Waals surface area contributed by atoms with Crippen LogP contribution in [0.1, 0.15) is 50.8 Å². The molecule has 0 amide bonds. The molecule has 0 spiro atoms. The number of sulfonamides is 1. The van der Waals surface area contributed by atoms with E-state index < -0.39 is 22.6 Å². The molecular weight excluding hydrogens is 496 g/mol. The van der Waals surface area contributed by atoms with Crippen LogP contribution in [0.2, 0.25) is 5.02 Å². The largest absolute Gasteiger partial charge is 0.454 e. The minimum Gasteiger partial charge on any atom is -0.454 e. The summed E-state index contributed by atoms with van der Waals surface area (Å²) >= 11 is 7.77. The molecule has 182 valence electrons. The molecule has 7 nitrogen and oxygen atoms in total. The fraction of sp³-hybridized carbons (Fsp3) is 0.333. The van der Waals surface area contributed by atoms with Crippen molar-refractivity contribution in [3.63, 3.8) is 0 Å². The highest BCUT2D eigenvalue weighted by molar-refractivity contribution is 7.89. The molecule has 0 unspecified atom stereocenters. The van der Waals surface area contributed by atoms with Crippen molar-refractivity contribution in [1.29, 1.82) is 0 Å². The van der Waals surface area contributed by atoms with Crippen molar-refractivity contribution in [3.8, 4) is 0 Å². The van der Waals surface area contributed by atoms with Gasteiger partial charge in [0.25, 0.3) is 0 Å². The van der Waals surface area contributed by atoms with E-state index >= 15 is 0 Å². The molecule has 0 aliphatic rings. The van der Waals surface area contributed by atoms with E-state index in [0.717, 1.165) is 11.4 Å². The molecule has 3 aromatic rings. The predicted molar refractivity (Wildman–Crippen MR) is 133 cm³/mol. The number of ketones is 1. The van der Waals surface area contributed by atoms with E-state index in [0.29, 0.717) is 12.1 Å². The van der Waals surface area contributed by atoms with Crippen molar-refractivity contribution in [2.75, 3.05) is 19.7 Å². The Kier molecular flexibility index (Phi) is 8.35. The van der Waals surface area contributed by atoms with Gasteiger partial charge >= 0.3 is 5.97 Å². The van der Waals surface area contributed by atoms with Crippen LogP contribution < -0.4 is 0 Å². The van der Waals surface area contributed by atoms with E-state index in [1.54, 1.807) is 31.3 Å². The van der Waals surface area contributed by atoms with Crippen LogP contribution in [-0.2, 0) is 21.3 Å². The Bertz CT molecular complexity index is 1290. The van der Waals surface area contributed by atoms with Gasteiger partial charge in [0.1, 0.15) is 4.90 Å². The average molecular weight is 523 g/mol. The zero-order chi connectivity index (χ0) is 25.0. The summed E-state index contributed by atoms with van der Waals surface area (Å²) in [7, 11) is -3.87. The number of halogens is 1. The minimum atomic E-state index is -3.87. The van der Waals surface area contributed by atoms with Crippen LogP contribution >= 0.6 is 22.9 Å². The normalized spacial score (nSPS) is 11.7. The van der Waals surface area contributed by atoms with Gasteiger partial charge in [-0.25, -0.2) is 13.2 Å². The van der Waals surface area contributed by atoms with Crippen molar-refractivity contribution in [1.82, 2.24) is 8.87 Å². The summed E-state index contributed by atoms with van der Waals surface area (Å²) < 4.78 is 34.2. The zero-order valence-electron chi connectivity index (χ0n) is 19.5. The van der Waals surface area contributed by atoms with Gasteiger partial charge < -0.3 is 9.30 Å². The monoisotopic (exact) mass is 522 g/mol. The van der Waals surface area contributed by atoms with Crippen LogP contribution in [0.3, 0.4) is 0 Å². The molecule has 0 fully saturated rings. The number of hydrogen-bond acceptors (Lipinski definition) is 6. The average Bonchev–Trinajstić information content (AvgIpc) is 3.42.